The lowest BCUT2D eigenvalue weighted by atomic mass is 10.1. The fourth-order valence-corrected chi connectivity index (χ4v) is 5.46. The third-order valence-corrected chi connectivity index (χ3v) is 7.99. The van der Waals surface area contributed by atoms with Crippen molar-refractivity contribution in [1.82, 2.24) is 0 Å². The molecular formula is C31H30N2O8S. The Morgan fingerprint density at radius 1 is 0.786 bits per heavy atom. The standard InChI is InChI=1S/C31H30N2O8S/c1-21-10-16-25(17-11-21)42(36,37)33(22-12-14-24(15-13-22)41-23-8-6-5-7-9-23)20-30(34)32-27-19-29(39-3)28(38-2)18-26(27)31(35)40-4/h5-19H,20H2,1-4H3,(H,32,34). The Bertz CT molecular complexity index is 1660. The fraction of sp³-hybridized carbons (Fsp3) is 0.161. The fourth-order valence-electron chi connectivity index (χ4n) is 4.04. The van der Waals surface area contributed by atoms with Gasteiger partial charge in [0.05, 0.1) is 43.2 Å². The molecule has 0 unspecified atom stereocenters. The van der Waals surface area contributed by atoms with E-state index < -0.39 is 28.4 Å². The van der Waals surface area contributed by atoms with Crippen LogP contribution in [0.25, 0.3) is 0 Å². The molecule has 0 heterocycles. The monoisotopic (exact) mass is 590 g/mol. The number of sulfonamides is 1. The number of hydrogen-bond donors (Lipinski definition) is 1. The SMILES string of the molecule is COC(=O)c1cc(OC)c(OC)cc1NC(=O)CN(c1ccc(Oc2ccccc2)cc1)S(=O)(=O)c1ccc(C)cc1. The van der Waals surface area contributed by atoms with Gasteiger partial charge in [0.25, 0.3) is 10.0 Å². The topological polar surface area (TPSA) is 120 Å². The number of esters is 1. The highest BCUT2D eigenvalue weighted by Crippen LogP contribution is 2.34. The lowest BCUT2D eigenvalue weighted by molar-refractivity contribution is -0.114. The first-order chi connectivity index (χ1) is 20.2. The number of para-hydroxylation sites is 1. The third kappa shape index (κ3) is 6.81. The number of carbonyl (C=O) groups is 2. The number of aryl methyl sites for hydroxylation is 1. The second-order valence-corrected chi connectivity index (χ2v) is 10.9. The van der Waals surface area contributed by atoms with E-state index in [4.69, 9.17) is 18.9 Å². The zero-order chi connectivity index (χ0) is 30.3. The van der Waals surface area contributed by atoms with Crippen molar-refractivity contribution in [2.24, 2.45) is 0 Å². The van der Waals surface area contributed by atoms with E-state index in [1.807, 2.05) is 25.1 Å². The number of carbonyl (C=O) groups excluding carboxylic acids is 2. The number of hydrogen-bond acceptors (Lipinski definition) is 8. The lowest BCUT2D eigenvalue weighted by Gasteiger charge is -2.25. The molecule has 0 saturated carbocycles. The van der Waals surface area contributed by atoms with Gasteiger partial charge in [-0.3, -0.25) is 9.10 Å². The minimum absolute atomic E-state index is 0.00106. The van der Waals surface area contributed by atoms with E-state index >= 15 is 0 Å². The van der Waals surface area contributed by atoms with E-state index in [9.17, 15) is 18.0 Å². The molecule has 1 amide bonds. The van der Waals surface area contributed by atoms with E-state index in [-0.39, 0.29) is 33.3 Å². The maximum absolute atomic E-state index is 13.8. The van der Waals surface area contributed by atoms with E-state index in [1.54, 1.807) is 48.5 Å². The molecule has 4 aromatic carbocycles. The molecule has 4 aromatic rings. The summed E-state index contributed by atoms with van der Waals surface area (Å²) < 4.78 is 49.9. The normalized spacial score (nSPS) is 10.9. The van der Waals surface area contributed by atoms with Crippen LogP contribution in [0, 0.1) is 6.92 Å². The van der Waals surface area contributed by atoms with Crippen LogP contribution >= 0.6 is 0 Å². The number of amides is 1. The Labute approximate surface area is 244 Å². The van der Waals surface area contributed by atoms with Gasteiger partial charge in [0, 0.05) is 12.1 Å². The predicted octanol–water partition coefficient (Wildman–Crippen LogP) is 5.43. The van der Waals surface area contributed by atoms with Crippen LogP contribution in [0.3, 0.4) is 0 Å². The van der Waals surface area contributed by atoms with Crippen molar-refractivity contribution in [1.29, 1.82) is 0 Å². The highest BCUT2D eigenvalue weighted by Gasteiger charge is 2.28. The molecule has 0 spiro atoms. The van der Waals surface area contributed by atoms with E-state index in [0.29, 0.717) is 11.5 Å². The smallest absolute Gasteiger partial charge is 0.340 e. The molecule has 0 aliphatic rings. The van der Waals surface area contributed by atoms with Crippen LogP contribution in [0.2, 0.25) is 0 Å². The highest BCUT2D eigenvalue weighted by atomic mass is 32.2. The summed E-state index contributed by atoms with van der Waals surface area (Å²) in [7, 11) is -0.180. The molecule has 0 aromatic heterocycles. The summed E-state index contributed by atoms with van der Waals surface area (Å²) in [4.78, 5) is 25.9. The second kappa shape index (κ2) is 13.1. The minimum Gasteiger partial charge on any atom is -0.493 e. The quantitative estimate of drug-likeness (QED) is 0.230. The zero-order valence-electron chi connectivity index (χ0n) is 23.5. The van der Waals surface area contributed by atoms with Crippen LogP contribution < -0.4 is 23.8 Å². The average Bonchev–Trinajstić information content (AvgIpc) is 3.00. The Morgan fingerprint density at radius 3 is 1.98 bits per heavy atom. The number of methoxy groups -OCH3 is 3. The summed E-state index contributed by atoms with van der Waals surface area (Å²) >= 11 is 0. The molecule has 11 heteroatoms. The van der Waals surface area contributed by atoms with E-state index in [0.717, 1.165) is 9.87 Å². The summed E-state index contributed by atoms with van der Waals surface area (Å²) in [6.07, 6.45) is 0. The number of rotatable bonds is 11. The van der Waals surface area contributed by atoms with Gasteiger partial charge >= 0.3 is 5.97 Å². The van der Waals surface area contributed by atoms with Crippen molar-refractivity contribution in [2.75, 3.05) is 37.5 Å². The van der Waals surface area contributed by atoms with Gasteiger partial charge in [0.1, 0.15) is 18.0 Å². The van der Waals surface area contributed by atoms with Gasteiger partial charge in [-0.15, -0.1) is 0 Å². The average molecular weight is 591 g/mol. The Morgan fingerprint density at radius 2 is 1.38 bits per heavy atom. The van der Waals surface area contributed by atoms with Crippen molar-refractivity contribution in [3.05, 3.63) is 102 Å². The van der Waals surface area contributed by atoms with E-state index in [1.165, 1.54) is 45.6 Å². The highest BCUT2D eigenvalue weighted by molar-refractivity contribution is 7.92. The molecule has 10 nitrogen and oxygen atoms in total. The molecule has 0 fully saturated rings. The van der Waals surface area contributed by atoms with E-state index in [2.05, 4.69) is 5.32 Å². The molecule has 0 saturated heterocycles. The Kier molecular flexibility index (Phi) is 9.33. The number of nitrogens with zero attached hydrogens (tertiary/aromatic N) is 1. The van der Waals surface area contributed by atoms with Crippen LogP contribution in [0.15, 0.2) is 95.9 Å². The largest absolute Gasteiger partial charge is 0.493 e. The number of nitrogens with one attached hydrogen (secondary N) is 1. The van der Waals surface area contributed by atoms with Crippen LogP contribution in [-0.4, -0.2) is 48.2 Å². The third-order valence-electron chi connectivity index (χ3n) is 6.20. The molecule has 218 valence electrons. The van der Waals surface area contributed by atoms with Crippen LogP contribution in [0.4, 0.5) is 11.4 Å². The van der Waals surface area contributed by atoms with Gasteiger partial charge < -0.3 is 24.3 Å². The van der Waals surface area contributed by atoms with Gasteiger partial charge in [-0.1, -0.05) is 35.9 Å². The van der Waals surface area contributed by atoms with Gasteiger partial charge in [-0.05, 0) is 55.5 Å². The van der Waals surface area contributed by atoms with Gasteiger partial charge in [0.15, 0.2) is 11.5 Å². The first-order valence-corrected chi connectivity index (χ1v) is 14.2. The Balaban J connectivity index is 1.68. The number of benzene rings is 4. The maximum atomic E-state index is 13.8. The van der Waals surface area contributed by atoms with Crippen molar-refractivity contribution < 1.29 is 37.0 Å². The number of anilines is 2. The molecular weight excluding hydrogens is 560 g/mol. The summed E-state index contributed by atoms with van der Waals surface area (Å²) in [5.74, 6) is 0.146. The molecule has 1 N–H and O–H groups in total. The van der Waals surface area contributed by atoms with Gasteiger partial charge in [-0.25, -0.2) is 13.2 Å². The van der Waals surface area contributed by atoms with Crippen molar-refractivity contribution in [3.8, 4) is 23.0 Å². The zero-order valence-corrected chi connectivity index (χ0v) is 24.3. The molecule has 0 aliphatic heterocycles. The van der Waals surface area contributed by atoms with Crippen LogP contribution in [0.5, 0.6) is 23.0 Å². The molecule has 4 rings (SSSR count). The van der Waals surface area contributed by atoms with Crippen molar-refractivity contribution in [2.45, 2.75) is 11.8 Å². The van der Waals surface area contributed by atoms with Crippen LogP contribution in [0.1, 0.15) is 15.9 Å². The predicted molar refractivity (Wildman–Crippen MR) is 158 cm³/mol. The summed E-state index contributed by atoms with van der Waals surface area (Å²) in [5.41, 5.74) is 1.17. The summed E-state index contributed by atoms with van der Waals surface area (Å²) in [5, 5.41) is 2.62. The second-order valence-electron chi connectivity index (χ2n) is 9.03. The first-order valence-electron chi connectivity index (χ1n) is 12.7. The molecule has 0 atom stereocenters. The van der Waals surface area contributed by atoms with Crippen molar-refractivity contribution in [3.63, 3.8) is 0 Å². The Hall–Kier alpha value is -5.03. The minimum atomic E-state index is -4.19. The molecule has 0 radical (unpaired) electrons. The van der Waals surface area contributed by atoms with Crippen LogP contribution in [-0.2, 0) is 19.6 Å². The van der Waals surface area contributed by atoms with Gasteiger partial charge in [-0.2, -0.15) is 0 Å². The number of ether oxygens (including phenoxy) is 4. The maximum Gasteiger partial charge on any atom is 0.340 e. The first kappa shape index (κ1) is 29.9. The lowest BCUT2D eigenvalue weighted by Crippen LogP contribution is -2.38. The molecule has 0 bridgehead atoms. The molecule has 42 heavy (non-hydrogen) atoms. The molecule has 0 aliphatic carbocycles. The van der Waals surface area contributed by atoms with Gasteiger partial charge in [0.2, 0.25) is 5.91 Å². The summed E-state index contributed by atoms with van der Waals surface area (Å²) in [6.45, 7) is 1.24. The van der Waals surface area contributed by atoms with Crippen molar-refractivity contribution >= 4 is 33.3 Å². The summed E-state index contributed by atoms with van der Waals surface area (Å²) in [6, 6.07) is 24.5.